The lowest BCUT2D eigenvalue weighted by atomic mass is 10.4. The van der Waals surface area contributed by atoms with Gasteiger partial charge < -0.3 is 16.8 Å². The lowest BCUT2D eigenvalue weighted by molar-refractivity contribution is -0.117. The van der Waals surface area contributed by atoms with Crippen LogP contribution in [-0.4, -0.2) is 18.4 Å². The lowest BCUT2D eigenvalue weighted by Crippen LogP contribution is -2.33. The highest BCUT2D eigenvalue weighted by Gasteiger charge is 2.10. The fourth-order valence-electron chi connectivity index (χ4n) is 0.751. The number of carbonyl (C=O) groups excluding carboxylic acids is 2. The number of anilines is 1. The molecule has 0 radical (unpaired) electrons. The van der Waals surface area contributed by atoms with Gasteiger partial charge in [0.1, 0.15) is 4.88 Å². The molecule has 0 spiro atoms. The van der Waals surface area contributed by atoms with E-state index in [4.69, 9.17) is 11.5 Å². The molecule has 0 aliphatic rings. The minimum atomic E-state index is -0.580. The van der Waals surface area contributed by atoms with Gasteiger partial charge in [0.05, 0.1) is 12.2 Å². The van der Waals surface area contributed by atoms with Gasteiger partial charge >= 0.3 is 0 Å². The Balaban J connectivity index is 2.59. The summed E-state index contributed by atoms with van der Waals surface area (Å²) in [6, 6.07) is 1.63. The molecule has 0 aliphatic heterocycles. The highest BCUT2D eigenvalue weighted by Crippen LogP contribution is 2.17. The van der Waals surface area contributed by atoms with Crippen molar-refractivity contribution in [1.82, 2.24) is 5.32 Å². The summed E-state index contributed by atoms with van der Waals surface area (Å²) < 4.78 is 0. The molecule has 70 valence electrons. The second kappa shape index (κ2) is 3.90. The minimum absolute atomic E-state index is 0.170. The van der Waals surface area contributed by atoms with Crippen molar-refractivity contribution in [3.8, 4) is 0 Å². The number of nitrogens with two attached hydrogens (primary N) is 2. The van der Waals surface area contributed by atoms with Crippen molar-refractivity contribution in [2.24, 2.45) is 5.73 Å². The smallest absolute Gasteiger partial charge is 0.263 e. The molecule has 5 N–H and O–H groups in total. The van der Waals surface area contributed by atoms with Gasteiger partial charge in [-0.1, -0.05) is 0 Å². The lowest BCUT2D eigenvalue weighted by Gasteiger charge is -2.00. The van der Waals surface area contributed by atoms with E-state index in [1.54, 1.807) is 11.4 Å². The van der Waals surface area contributed by atoms with Gasteiger partial charge in [-0.25, -0.2) is 0 Å². The maximum atomic E-state index is 11.2. The van der Waals surface area contributed by atoms with Crippen molar-refractivity contribution >= 4 is 28.8 Å². The van der Waals surface area contributed by atoms with Crippen molar-refractivity contribution in [3.63, 3.8) is 0 Å². The van der Waals surface area contributed by atoms with Crippen molar-refractivity contribution in [1.29, 1.82) is 0 Å². The molecule has 0 saturated carbocycles. The number of amides is 2. The van der Waals surface area contributed by atoms with Crippen LogP contribution in [0.2, 0.25) is 0 Å². The van der Waals surface area contributed by atoms with E-state index in [2.05, 4.69) is 5.32 Å². The largest absolute Gasteiger partial charge is 0.397 e. The molecule has 5 nitrogen and oxygen atoms in total. The monoisotopic (exact) mass is 199 g/mol. The Morgan fingerprint density at radius 1 is 1.54 bits per heavy atom. The van der Waals surface area contributed by atoms with Crippen LogP contribution in [0.15, 0.2) is 11.4 Å². The van der Waals surface area contributed by atoms with Gasteiger partial charge in [0.25, 0.3) is 5.91 Å². The van der Waals surface area contributed by atoms with Crippen LogP contribution in [0.5, 0.6) is 0 Å². The van der Waals surface area contributed by atoms with E-state index in [1.165, 1.54) is 11.3 Å². The molecule has 0 unspecified atom stereocenters. The summed E-state index contributed by atoms with van der Waals surface area (Å²) in [5.41, 5.74) is 10.7. The Labute approximate surface area is 78.7 Å². The van der Waals surface area contributed by atoms with Crippen molar-refractivity contribution in [2.75, 3.05) is 12.3 Å². The highest BCUT2D eigenvalue weighted by atomic mass is 32.1. The number of primary amides is 1. The number of nitrogen functional groups attached to an aromatic ring is 1. The first-order chi connectivity index (χ1) is 6.11. The molecule has 0 bridgehead atoms. The van der Waals surface area contributed by atoms with Crippen LogP contribution in [0.25, 0.3) is 0 Å². The zero-order valence-electron chi connectivity index (χ0n) is 6.74. The Bertz CT molecular complexity index is 334. The Kier molecular flexibility index (Phi) is 2.86. The Morgan fingerprint density at radius 2 is 2.23 bits per heavy atom. The van der Waals surface area contributed by atoms with Crippen molar-refractivity contribution in [3.05, 3.63) is 16.3 Å². The van der Waals surface area contributed by atoms with E-state index >= 15 is 0 Å². The van der Waals surface area contributed by atoms with E-state index in [9.17, 15) is 9.59 Å². The first-order valence-corrected chi connectivity index (χ1v) is 4.38. The van der Waals surface area contributed by atoms with Gasteiger partial charge in [-0.15, -0.1) is 11.3 Å². The number of carbonyl (C=O) groups is 2. The predicted octanol–water partition coefficient (Wildman–Crippen LogP) is -0.455. The third-order valence-corrected chi connectivity index (χ3v) is 2.25. The number of hydrogen-bond donors (Lipinski definition) is 3. The van der Waals surface area contributed by atoms with E-state index < -0.39 is 5.91 Å². The SMILES string of the molecule is NC(=O)CNC(=O)c1sccc1N. The first kappa shape index (κ1) is 9.53. The van der Waals surface area contributed by atoms with Gasteiger partial charge in [0, 0.05) is 0 Å². The molecule has 0 aromatic carbocycles. The predicted molar refractivity (Wildman–Crippen MR) is 50.3 cm³/mol. The third kappa shape index (κ3) is 2.45. The summed E-state index contributed by atoms with van der Waals surface area (Å²) in [6.07, 6.45) is 0. The minimum Gasteiger partial charge on any atom is -0.397 e. The van der Waals surface area contributed by atoms with Gasteiger partial charge in [-0.3, -0.25) is 9.59 Å². The average molecular weight is 199 g/mol. The van der Waals surface area contributed by atoms with Gasteiger partial charge in [-0.2, -0.15) is 0 Å². The highest BCUT2D eigenvalue weighted by molar-refractivity contribution is 7.12. The van der Waals surface area contributed by atoms with Gasteiger partial charge in [0.15, 0.2) is 0 Å². The number of hydrogen-bond acceptors (Lipinski definition) is 4. The van der Waals surface area contributed by atoms with E-state index in [-0.39, 0.29) is 12.5 Å². The number of thiophene rings is 1. The third-order valence-electron chi connectivity index (χ3n) is 1.33. The normalized spacial score (nSPS) is 9.54. The summed E-state index contributed by atoms with van der Waals surface area (Å²) >= 11 is 1.22. The zero-order valence-corrected chi connectivity index (χ0v) is 7.56. The zero-order chi connectivity index (χ0) is 9.84. The first-order valence-electron chi connectivity index (χ1n) is 3.50. The summed E-state index contributed by atoms with van der Waals surface area (Å²) in [7, 11) is 0. The fraction of sp³-hybridized carbons (Fsp3) is 0.143. The number of nitrogens with one attached hydrogen (secondary N) is 1. The molecular weight excluding hydrogens is 190 g/mol. The van der Waals surface area contributed by atoms with Crippen LogP contribution in [-0.2, 0) is 4.79 Å². The van der Waals surface area contributed by atoms with Gasteiger partial charge in [-0.05, 0) is 11.4 Å². The summed E-state index contributed by atoms with van der Waals surface area (Å²) in [5, 5.41) is 4.05. The van der Waals surface area contributed by atoms with Crippen LogP contribution < -0.4 is 16.8 Å². The van der Waals surface area contributed by atoms with E-state index in [0.717, 1.165) is 0 Å². The molecule has 2 amide bonds. The maximum Gasteiger partial charge on any atom is 0.263 e. The topological polar surface area (TPSA) is 98.2 Å². The molecule has 0 aliphatic carbocycles. The summed E-state index contributed by atoms with van der Waals surface area (Å²) in [5.74, 6) is -0.949. The van der Waals surface area contributed by atoms with Crippen LogP contribution in [0.3, 0.4) is 0 Å². The standard InChI is InChI=1S/C7H9N3O2S/c8-4-1-2-13-6(4)7(12)10-3-5(9)11/h1-2H,3,8H2,(H2,9,11)(H,10,12). The second-order valence-electron chi connectivity index (χ2n) is 2.35. The molecule has 0 atom stereocenters. The summed E-state index contributed by atoms with van der Waals surface area (Å²) in [4.78, 5) is 22.0. The second-order valence-corrected chi connectivity index (χ2v) is 3.27. The Morgan fingerprint density at radius 3 is 2.69 bits per heavy atom. The van der Waals surface area contributed by atoms with Crippen LogP contribution >= 0.6 is 11.3 Å². The summed E-state index contributed by atoms with van der Waals surface area (Å²) in [6.45, 7) is -0.170. The fourth-order valence-corrected chi connectivity index (χ4v) is 1.49. The average Bonchev–Trinajstić information content (AvgIpc) is 2.47. The van der Waals surface area contributed by atoms with Gasteiger partial charge in [0.2, 0.25) is 5.91 Å². The van der Waals surface area contributed by atoms with Crippen LogP contribution in [0.4, 0.5) is 5.69 Å². The molecule has 0 saturated heterocycles. The number of rotatable bonds is 3. The molecule has 1 heterocycles. The van der Waals surface area contributed by atoms with Crippen molar-refractivity contribution < 1.29 is 9.59 Å². The van der Waals surface area contributed by atoms with Crippen LogP contribution in [0, 0.1) is 0 Å². The van der Waals surface area contributed by atoms with E-state index in [0.29, 0.717) is 10.6 Å². The Hall–Kier alpha value is -1.56. The maximum absolute atomic E-state index is 11.2. The molecule has 0 fully saturated rings. The molecular formula is C7H9N3O2S. The van der Waals surface area contributed by atoms with Crippen molar-refractivity contribution in [2.45, 2.75) is 0 Å². The van der Waals surface area contributed by atoms with E-state index in [1.807, 2.05) is 0 Å². The molecule has 13 heavy (non-hydrogen) atoms. The van der Waals surface area contributed by atoms with Crippen LogP contribution in [0.1, 0.15) is 9.67 Å². The quantitative estimate of drug-likeness (QED) is 0.614. The molecule has 1 aromatic rings. The molecule has 1 rings (SSSR count). The molecule has 1 aromatic heterocycles. The molecule has 6 heteroatoms.